The summed E-state index contributed by atoms with van der Waals surface area (Å²) in [6.45, 7) is 7.15. The van der Waals surface area contributed by atoms with Gasteiger partial charge in [0.2, 0.25) is 0 Å². The number of carbonyl (C=O) groups excluding carboxylic acids is 1. The van der Waals surface area contributed by atoms with Gasteiger partial charge in [-0.25, -0.2) is 0 Å². The summed E-state index contributed by atoms with van der Waals surface area (Å²) in [4.78, 5) is 13.3. The fourth-order valence-electron chi connectivity index (χ4n) is 7.20. The number of phenols is 1. The van der Waals surface area contributed by atoms with Gasteiger partial charge in [-0.1, -0.05) is 56.3 Å². The van der Waals surface area contributed by atoms with E-state index in [0.29, 0.717) is 30.9 Å². The molecule has 190 valence electrons. The summed E-state index contributed by atoms with van der Waals surface area (Å²) in [7, 11) is 2.26. The lowest BCUT2D eigenvalue weighted by Gasteiger charge is -2.59. The molecule has 5 rings (SSSR count). The van der Waals surface area contributed by atoms with E-state index in [1.54, 1.807) is 6.07 Å². The number of piperidine rings is 1. The summed E-state index contributed by atoms with van der Waals surface area (Å²) in [6.07, 6.45) is 2.84. The van der Waals surface area contributed by atoms with E-state index in [2.05, 4.69) is 26.2 Å². The molecule has 0 bridgehead atoms. The minimum Gasteiger partial charge on any atom is -0.508 e. The minimum atomic E-state index is -0.896. The zero-order valence-corrected chi connectivity index (χ0v) is 21.7. The Balaban J connectivity index is 1.44. The average Bonchev–Trinajstić information content (AvgIpc) is 2.83. The van der Waals surface area contributed by atoms with Gasteiger partial charge in [-0.05, 0) is 59.9 Å². The molecule has 36 heavy (non-hydrogen) atoms. The normalized spacial score (nSPS) is 30.2. The number of amides is 1. The minimum absolute atomic E-state index is 0.0476. The first-order valence-electron chi connectivity index (χ1n) is 13.3. The highest BCUT2D eigenvalue weighted by atomic mass is 16.3. The van der Waals surface area contributed by atoms with Crippen LogP contribution in [0.2, 0.25) is 0 Å². The van der Waals surface area contributed by atoms with Gasteiger partial charge in [0.15, 0.2) is 0 Å². The van der Waals surface area contributed by atoms with Gasteiger partial charge in [-0.15, -0.1) is 0 Å². The number of likely N-dealkylation sites (tertiary alicyclic amines) is 1. The molecule has 5 heteroatoms. The molecule has 1 saturated heterocycles. The molecule has 3 aromatic carbocycles. The fraction of sp³-hybridized carbons (Fsp3) is 0.452. The Bertz CT molecular complexity index is 1270. The van der Waals surface area contributed by atoms with Crippen LogP contribution in [0.3, 0.4) is 0 Å². The van der Waals surface area contributed by atoms with Crippen LogP contribution >= 0.6 is 0 Å². The molecule has 2 aliphatic rings. The summed E-state index contributed by atoms with van der Waals surface area (Å²) >= 11 is 0. The Labute approximate surface area is 214 Å². The number of aliphatic hydroxyl groups is 1. The largest absolute Gasteiger partial charge is 0.508 e. The Morgan fingerprint density at radius 3 is 2.58 bits per heavy atom. The van der Waals surface area contributed by atoms with Gasteiger partial charge in [0, 0.05) is 29.4 Å². The van der Waals surface area contributed by atoms with Crippen molar-refractivity contribution in [2.24, 2.45) is 5.92 Å². The Morgan fingerprint density at radius 1 is 1.06 bits per heavy atom. The van der Waals surface area contributed by atoms with Gasteiger partial charge in [0.1, 0.15) is 17.9 Å². The van der Waals surface area contributed by atoms with Crippen LogP contribution in [-0.2, 0) is 5.41 Å². The molecule has 3 aromatic rings. The van der Waals surface area contributed by atoms with Crippen LogP contribution in [0.4, 0.5) is 0 Å². The van der Waals surface area contributed by atoms with Crippen LogP contribution in [0.5, 0.6) is 5.75 Å². The van der Waals surface area contributed by atoms with E-state index in [1.165, 1.54) is 0 Å². The summed E-state index contributed by atoms with van der Waals surface area (Å²) in [6, 6.07) is 21.2. The maximum Gasteiger partial charge on any atom is 0.251 e. The highest BCUT2D eigenvalue weighted by Crippen LogP contribution is 2.53. The maximum absolute atomic E-state index is 13.3. The van der Waals surface area contributed by atoms with Gasteiger partial charge >= 0.3 is 0 Å². The van der Waals surface area contributed by atoms with Gasteiger partial charge in [0.25, 0.3) is 5.91 Å². The van der Waals surface area contributed by atoms with E-state index >= 15 is 0 Å². The monoisotopic (exact) mass is 487 g/mol. The van der Waals surface area contributed by atoms with Crippen molar-refractivity contribution in [3.05, 3.63) is 77.9 Å². The molecule has 2 fully saturated rings. The van der Waals surface area contributed by atoms with Crippen molar-refractivity contribution in [2.45, 2.75) is 56.6 Å². The lowest BCUT2D eigenvalue weighted by Crippen LogP contribution is -2.71. The standard InChI is InChI=1S/C31H38N2O3/c1-22(2)20-33(3)16-15-30(26-9-6-10-28(34)18-26)19-27(13-14-31(30,36)21-33)32-29(35)25-12-11-23-7-4-5-8-24(23)17-25/h4-12,17-18,22,27,36H,13-16,19-21H2,1-3H3,(H-,32,34,35)/p+1/t27-,30+,31?,33-/m0/s1. The van der Waals surface area contributed by atoms with Crippen LogP contribution in [-0.4, -0.2) is 58.9 Å². The average molecular weight is 488 g/mol. The van der Waals surface area contributed by atoms with Crippen LogP contribution in [0.1, 0.15) is 55.5 Å². The predicted octanol–water partition coefficient (Wildman–Crippen LogP) is 5.00. The van der Waals surface area contributed by atoms with Crippen molar-refractivity contribution in [2.75, 3.05) is 26.7 Å². The number of nitrogens with one attached hydrogen (secondary N) is 1. The molecule has 1 heterocycles. The smallest absolute Gasteiger partial charge is 0.251 e. The lowest BCUT2D eigenvalue weighted by molar-refractivity contribution is -0.926. The Hall–Kier alpha value is -2.89. The first-order valence-corrected chi connectivity index (χ1v) is 13.3. The molecule has 0 spiro atoms. The quantitative estimate of drug-likeness (QED) is 0.444. The van der Waals surface area contributed by atoms with Crippen LogP contribution in [0.15, 0.2) is 66.7 Å². The van der Waals surface area contributed by atoms with E-state index < -0.39 is 11.0 Å². The summed E-state index contributed by atoms with van der Waals surface area (Å²) in [5.74, 6) is 0.694. The Kier molecular flexibility index (Phi) is 6.34. The molecule has 3 N–H and O–H groups in total. The summed E-state index contributed by atoms with van der Waals surface area (Å²) in [5, 5.41) is 28.1. The third-order valence-corrected chi connectivity index (χ3v) is 8.67. The fourth-order valence-corrected chi connectivity index (χ4v) is 7.20. The zero-order chi connectivity index (χ0) is 25.6. The topological polar surface area (TPSA) is 69.6 Å². The second-order valence-electron chi connectivity index (χ2n) is 12.0. The predicted molar refractivity (Wildman–Crippen MR) is 144 cm³/mol. The SMILES string of the molecule is CC(C)C[N@+]1(C)CC[C@]2(c3cccc(O)c3)C[C@@H](NC(=O)c3ccc4ccccc4c3)CCC2(O)C1. The summed E-state index contributed by atoms with van der Waals surface area (Å²) < 4.78 is 0.850. The van der Waals surface area contributed by atoms with Gasteiger partial charge in [0.05, 0.1) is 20.1 Å². The highest BCUT2D eigenvalue weighted by Gasteiger charge is 2.61. The first kappa shape index (κ1) is 24.8. The van der Waals surface area contributed by atoms with Gasteiger partial charge in [-0.3, -0.25) is 4.79 Å². The number of rotatable bonds is 5. The third-order valence-electron chi connectivity index (χ3n) is 8.67. The molecule has 1 aliphatic heterocycles. The number of fused-ring (bicyclic) bond motifs is 2. The second kappa shape index (κ2) is 9.20. The molecule has 5 nitrogen and oxygen atoms in total. The number of aromatic hydroxyl groups is 1. The van der Waals surface area contributed by atoms with Crippen molar-refractivity contribution in [1.29, 1.82) is 0 Å². The maximum atomic E-state index is 13.3. The number of hydrogen-bond donors (Lipinski definition) is 3. The van der Waals surface area contributed by atoms with E-state index in [9.17, 15) is 15.0 Å². The van der Waals surface area contributed by atoms with E-state index in [1.807, 2.05) is 60.7 Å². The molecule has 1 amide bonds. The third kappa shape index (κ3) is 4.51. The van der Waals surface area contributed by atoms with Crippen molar-refractivity contribution in [1.82, 2.24) is 5.32 Å². The summed E-state index contributed by atoms with van der Waals surface area (Å²) in [5.41, 5.74) is 0.226. The number of likely N-dealkylation sites (N-methyl/N-ethyl adjacent to an activating group) is 1. The van der Waals surface area contributed by atoms with Crippen LogP contribution in [0.25, 0.3) is 10.8 Å². The van der Waals surface area contributed by atoms with Gasteiger partial charge < -0.3 is 20.0 Å². The van der Waals surface area contributed by atoms with E-state index in [4.69, 9.17) is 0 Å². The van der Waals surface area contributed by atoms with Crippen LogP contribution < -0.4 is 5.32 Å². The van der Waals surface area contributed by atoms with E-state index in [0.717, 1.165) is 46.8 Å². The van der Waals surface area contributed by atoms with Crippen molar-refractivity contribution < 1.29 is 19.5 Å². The number of phenolic OH excluding ortho intramolecular Hbond substituents is 1. The van der Waals surface area contributed by atoms with E-state index in [-0.39, 0.29) is 17.7 Å². The molecule has 1 saturated carbocycles. The van der Waals surface area contributed by atoms with Crippen molar-refractivity contribution in [3.63, 3.8) is 0 Å². The molecule has 1 aliphatic carbocycles. The molecule has 0 radical (unpaired) electrons. The number of quaternary nitrogens is 1. The van der Waals surface area contributed by atoms with Gasteiger partial charge in [-0.2, -0.15) is 0 Å². The molecule has 4 atom stereocenters. The molecular formula is C31H39N2O3+. The lowest BCUT2D eigenvalue weighted by atomic mass is 9.54. The number of hydrogen-bond acceptors (Lipinski definition) is 3. The van der Waals surface area contributed by atoms with Crippen molar-refractivity contribution >= 4 is 16.7 Å². The number of benzene rings is 3. The molecule has 1 unspecified atom stereocenters. The molecular weight excluding hydrogens is 448 g/mol. The zero-order valence-electron chi connectivity index (χ0n) is 21.7. The number of nitrogens with zero attached hydrogens (tertiary/aromatic N) is 1. The number of carbonyl (C=O) groups is 1. The van der Waals surface area contributed by atoms with Crippen molar-refractivity contribution in [3.8, 4) is 5.75 Å². The molecule has 0 aromatic heterocycles. The Morgan fingerprint density at radius 2 is 1.83 bits per heavy atom. The highest BCUT2D eigenvalue weighted by molar-refractivity contribution is 5.98. The first-order chi connectivity index (χ1) is 17.1. The second-order valence-corrected chi connectivity index (χ2v) is 12.0. The van der Waals surface area contributed by atoms with Crippen LogP contribution in [0, 0.1) is 5.92 Å².